The van der Waals surface area contributed by atoms with Gasteiger partial charge >= 0.3 is 0 Å². The highest BCUT2D eigenvalue weighted by Crippen LogP contribution is 2.20. The van der Waals surface area contributed by atoms with E-state index < -0.39 is 0 Å². The van der Waals surface area contributed by atoms with E-state index in [9.17, 15) is 9.90 Å². The van der Waals surface area contributed by atoms with E-state index in [1.807, 2.05) is 0 Å². The van der Waals surface area contributed by atoms with Crippen molar-refractivity contribution in [2.75, 3.05) is 6.54 Å². The van der Waals surface area contributed by atoms with Gasteiger partial charge in [0, 0.05) is 12.1 Å². The summed E-state index contributed by atoms with van der Waals surface area (Å²) in [6, 6.07) is 7.49. The van der Waals surface area contributed by atoms with Crippen LogP contribution in [0.15, 0.2) is 24.3 Å². The zero-order chi connectivity index (χ0) is 14.4. The number of phenolic OH excluding ortho intramolecular Hbond substituents is 1. The average molecular weight is 276 g/mol. The normalized spacial score (nSPS) is 22.4. The fraction of sp³-hybridized carbons (Fsp3) is 0.562. The predicted octanol–water partition coefficient (Wildman–Crippen LogP) is 2.43. The Labute approximate surface area is 120 Å². The Kier molecular flexibility index (Phi) is 5.41. The fourth-order valence-corrected chi connectivity index (χ4v) is 2.72. The largest absolute Gasteiger partial charge is 0.507 e. The van der Waals surface area contributed by atoms with E-state index in [4.69, 9.17) is 0 Å². The molecule has 2 rings (SSSR count). The first-order valence-electron chi connectivity index (χ1n) is 7.53. The summed E-state index contributed by atoms with van der Waals surface area (Å²) >= 11 is 0. The second kappa shape index (κ2) is 7.29. The fourth-order valence-electron chi connectivity index (χ4n) is 2.72. The molecule has 0 radical (unpaired) electrons. The van der Waals surface area contributed by atoms with E-state index in [0.717, 1.165) is 38.6 Å². The number of aromatic hydroxyl groups is 1. The smallest absolute Gasteiger partial charge is 0.255 e. The summed E-state index contributed by atoms with van der Waals surface area (Å²) in [7, 11) is 0. The van der Waals surface area contributed by atoms with Crippen molar-refractivity contribution in [2.24, 2.45) is 0 Å². The van der Waals surface area contributed by atoms with Gasteiger partial charge in [0.2, 0.25) is 0 Å². The van der Waals surface area contributed by atoms with Gasteiger partial charge in [0.1, 0.15) is 5.75 Å². The lowest BCUT2D eigenvalue weighted by atomic mass is 9.91. The minimum absolute atomic E-state index is 0.0447. The van der Waals surface area contributed by atoms with Crippen molar-refractivity contribution in [1.82, 2.24) is 10.6 Å². The molecule has 0 aromatic heterocycles. The van der Waals surface area contributed by atoms with E-state index in [2.05, 4.69) is 17.6 Å². The third-order valence-corrected chi connectivity index (χ3v) is 3.89. The number of carbonyl (C=O) groups is 1. The van der Waals surface area contributed by atoms with E-state index >= 15 is 0 Å². The van der Waals surface area contributed by atoms with Gasteiger partial charge in [0.05, 0.1) is 5.56 Å². The van der Waals surface area contributed by atoms with Crippen molar-refractivity contribution < 1.29 is 9.90 Å². The second-order valence-electron chi connectivity index (χ2n) is 5.49. The van der Waals surface area contributed by atoms with Gasteiger partial charge in [0.15, 0.2) is 0 Å². The lowest BCUT2D eigenvalue weighted by molar-refractivity contribution is 0.0921. The Morgan fingerprint density at radius 1 is 1.20 bits per heavy atom. The molecule has 110 valence electrons. The maximum atomic E-state index is 12.1. The molecule has 0 bridgehead atoms. The highest BCUT2D eigenvalue weighted by atomic mass is 16.3. The molecule has 1 aromatic carbocycles. The molecule has 20 heavy (non-hydrogen) atoms. The monoisotopic (exact) mass is 276 g/mol. The molecular weight excluding hydrogens is 252 g/mol. The summed E-state index contributed by atoms with van der Waals surface area (Å²) in [5, 5.41) is 16.2. The summed E-state index contributed by atoms with van der Waals surface area (Å²) < 4.78 is 0. The summed E-state index contributed by atoms with van der Waals surface area (Å²) in [6.45, 7) is 3.24. The number of hydrogen-bond donors (Lipinski definition) is 3. The number of benzene rings is 1. The SMILES string of the molecule is CCCNC1CCC(NC(=O)c2ccccc2O)CC1. The Morgan fingerprint density at radius 2 is 1.85 bits per heavy atom. The van der Waals surface area contributed by atoms with Crippen molar-refractivity contribution in [1.29, 1.82) is 0 Å². The number of para-hydroxylation sites is 1. The van der Waals surface area contributed by atoms with Crippen LogP contribution in [0.3, 0.4) is 0 Å². The molecule has 0 saturated heterocycles. The summed E-state index contributed by atoms with van der Waals surface area (Å²) in [6.07, 6.45) is 5.36. The van der Waals surface area contributed by atoms with Crippen molar-refractivity contribution in [3.8, 4) is 5.75 Å². The summed E-state index contributed by atoms with van der Waals surface area (Å²) in [5.74, 6) is -0.128. The first-order valence-corrected chi connectivity index (χ1v) is 7.53. The molecule has 0 aliphatic heterocycles. The number of carbonyl (C=O) groups excluding carboxylic acids is 1. The van der Waals surface area contributed by atoms with Crippen LogP contribution in [0.5, 0.6) is 5.75 Å². The van der Waals surface area contributed by atoms with Gasteiger partial charge in [0.25, 0.3) is 5.91 Å². The predicted molar refractivity (Wildman–Crippen MR) is 79.9 cm³/mol. The van der Waals surface area contributed by atoms with E-state index in [-0.39, 0.29) is 17.7 Å². The quantitative estimate of drug-likeness (QED) is 0.774. The Bertz CT molecular complexity index is 440. The van der Waals surface area contributed by atoms with Crippen LogP contribution in [-0.4, -0.2) is 29.6 Å². The van der Waals surface area contributed by atoms with Crippen LogP contribution in [0.1, 0.15) is 49.4 Å². The van der Waals surface area contributed by atoms with E-state index in [0.29, 0.717) is 11.6 Å². The number of amides is 1. The molecular formula is C16H24N2O2. The maximum absolute atomic E-state index is 12.1. The zero-order valence-electron chi connectivity index (χ0n) is 12.1. The molecule has 1 amide bonds. The van der Waals surface area contributed by atoms with Crippen LogP contribution in [0, 0.1) is 0 Å². The highest BCUT2D eigenvalue weighted by Gasteiger charge is 2.22. The number of nitrogens with one attached hydrogen (secondary N) is 2. The third kappa shape index (κ3) is 3.97. The number of rotatable bonds is 5. The average Bonchev–Trinajstić information content (AvgIpc) is 2.47. The number of phenols is 1. The third-order valence-electron chi connectivity index (χ3n) is 3.89. The van der Waals surface area contributed by atoms with Gasteiger partial charge in [-0.05, 0) is 50.8 Å². The molecule has 4 nitrogen and oxygen atoms in total. The van der Waals surface area contributed by atoms with E-state index in [1.54, 1.807) is 24.3 Å². The van der Waals surface area contributed by atoms with E-state index in [1.165, 1.54) is 0 Å². The molecule has 1 aromatic rings. The highest BCUT2D eigenvalue weighted by molar-refractivity contribution is 5.96. The molecule has 0 unspecified atom stereocenters. The van der Waals surface area contributed by atoms with Gasteiger partial charge < -0.3 is 15.7 Å². The van der Waals surface area contributed by atoms with Crippen molar-refractivity contribution in [3.63, 3.8) is 0 Å². The molecule has 0 heterocycles. The lowest BCUT2D eigenvalue weighted by Gasteiger charge is -2.29. The Hall–Kier alpha value is -1.55. The van der Waals surface area contributed by atoms with Crippen molar-refractivity contribution in [3.05, 3.63) is 29.8 Å². The van der Waals surface area contributed by atoms with Crippen molar-refractivity contribution in [2.45, 2.75) is 51.1 Å². The molecule has 1 aliphatic rings. The Morgan fingerprint density at radius 3 is 2.50 bits per heavy atom. The summed E-state index contributed by atoms with van der Waals surface area (Å²) in [4.78, 5) is 12.1. The van der Waals surface area contributed by atoms with Crippen LogP contribution in [-0.2, 0) is 0 Å². The van der Waals surface area contributed by atoms with Crippen molar-refractivity contribution >= 4 is 5.91 Å². The van der Waals surface area contributed by atoms with Crippen LogP contribution in [0.25, 0.3) is 0 Å². The minimum Gasteiger partial charge on any atom is -0.507 e. The van der Waals surface area contributed by atoms with Gasteiger partial charge in [-0.1, -0.05) is 19.1 Å². The molecule has 4 heteroatoms. The molecule has 1 aliphatic carbocycles. The molecule has 3 N–H and O–H groups in total. The maximum Gasteiger partial charge on any atom is 0.255 e. The molecule has 1 saturated carbocycles. The first-order chi connectivity index (χ1) is 9.70. The van der Waals surface area contributed by atoms with Crippen LogP contribution >= 0.6 is 0 Å². The topological polar surface area (TPSA) is 61.4 Å². The summed E-state index contributed by atoms with van der Waals surface area (Å²) in [5.41, 5.74) is 0.360. The van der Waals surface area contributed by atoms with Gasteiger partial charge in [-0.2, -0.15) is 0 Å². The van der Waals surface area contributed by atoms with Gasteiger partial charge in [-0.25, -0.2) is 0 Å². The minimum atomic E-state index is -0.173. The first kappa shape index (κ1) is 14.9. The molecule has 1 fully saturated rings. The Balaban J connectivity index is 1.81. The standard InChI is InChI=1S/C16H24N2O2/c1-2-11-17-12-7-9-13(10-8-12)18-16(20)14-5-3-4-6-15(14)19/h3-6,12-13,17,19H,2,7-11H2,1H3,(H,18,20). The lowest BCUT2D eigenvalue weighted by Crippen LogP contribution is -2.42. The zero-order valence-corrected chi connectivity index (χ0v) is 12.1. The second-order valence-corrected chi connectivity index (χ2v) is 5.49. The number of hydrogen-bond acceptors (Lipinski definition) is 3. The van der Waals surface area contributed by atoms with Crippen LogP contribution in [0.2, 0.25) is 0 Å². The molecule has 0 atom stereocenters. The van der Waals surface area contributed by atoms with Gasteiger partial charge in [-0.3, -0.25) is 4.79 Å². The molecule has 0 spiro atoms. The van der Waals surface area contributed by atoms with Gasteiger partial charge in [-0.15, -0.1) is 0 Å². The van der Waals surface area contributed by atoms with Crippen LogP contribution < -0.4 is 10.6 Å². The van der Waals surface area contributed by atoms with Crippen LogP contribution in [0.4, 0.5) is 0 Å².